The van der Waals surface area contributed by atoms with Crippen LogP contribution in [-0.2, 0) is 43.5 Å². The summed E-state index contributed by atoms with van der Waals surface area (Å²) in [5.41, 5.74) is 0. The van der Waals surface area contributed by atoms with E-state index in [4.69, 9.17) is 0 Å². The Hall–Kier alpha value is 0.179. The predicted octanol–water partition coefficient (Wildman–Crippen LogP) is 0.0294. The van der Waals surface area contributed by atoms with Crippen LogP contribution in [0.25, 0.3) is 0 Å². The van der Waals surface area contributed by atoms with Gasteiger partial charge in [0.15, 0.2) is 0 Å². The maximum atomic E-state index is 3.72. The Morgan fingerprint density at radius 2 is 1.70 bits per heavy atom. The second-order valence-corrected chi connectivity index (χ2v) is 1.31. The van der Waals surface area contributed by atoms with Gasteiger partial charge in [-0.05, 0) is 0 Å². The van der Waals surface area contributed by atoms with Gasteiger partial charge < -0.3 is 15.0 Å². The molecule has 0 spiro atoms. The second-order valence-electron chi connectivity index (χ2n) is 1.31. The summed E-state index contributed by atoms with van der Waals surface area (Å²) in [5.74, 6) is 0.736. The van der Waals surface area contributed by atoms with Crippen LogP contribution in [0.5, 0.6) is 0 Å². The van der Waals surface area contributed by atoms with Gasteiger partial charge in [0.2, 0.25) is 0 Å². The average Bonchev–Trinajstić information content (AvgIpc) is 1.90. The zero-order valence-electron chi connectivity index (χ0n) is 5.44. The van der Waals surface area contributed by atoms with Gasteiger partial charge in [-0.3, -0.25) is 0 Å². The van der Waals surface area contributed by atoms with Gasteiger partial charge >= 0.3 is 0 Å². The third kappa shape index (κ3) is 4.07. The fourth-order valence-electron chi connectivity index (χ4n) is 0.371. The first-order valence-electron chi connectivity index (χ1n) is 2.40. The largest absolute Gasteiger partial charge is 0.505 e. The van der Waals surface area contributed by atoms with Crippen LogP contribution >= 0.6 is 0 Å². The minimum absolute atomic E-state index is 0. The Morgan fingerprint density at radius 1 is 1.20 bits per heavy atom. The molecule has 0 atom stereocenters. The second kappa shape index (κ2) is 7.29. The normalized spacial score (nSPS) is 7.30. The molecule has 0 aliphatic carbocycles. The molecule has 0 N–H and O–H groups in total. The van der Waals surface area contributed by atoms with Crippen molar-refractivity contribution in [2.24, 2.45) is 0 Å². The van der Waals surface area contributed by atoms with Gasteiger partial charge in [-0.2, -0.15) is 12.7 Å². The van der Waals surface area contributed by atoms with Crippen LogP contribution in [0.4, 0.5) is 0 Å². The number of nitrogens with zero attached hydrogens (tertiary/aromatic N) is 3. The Morgan fingerprint density at radius 3 is 2.00 bits per heavy atom. The smallest absolute Gasteiger partial charge is 0 e. The Labute approximate surface area is 83.8 Å². The van der Waals surface area contributed by atoms with Crippen LogP contribution in [0.1, 0.15) is 12.7 Å². The van der Waals surface area contributed by atoms with Gasteiger partial charge in [-0.25, -0.2) is 0 Å². The van der Waals surface area contributed by atoms with E-state index in [0.717, 1.165) is 12.2 Å². The van der Waals surface area contributed by atoms with Crippen molar-refractivity contribution in [1.29, 1.82) is 0 Å². The summed E-state index contributed by atoms with van der Waals surface area (Å²) >= 11 is 0. The molecule has 1 aromatic heterocycles. The molecule has 0 amide bonds. The van der Waals surface area contributed by atoms with E-state index in [2.05, 4.69) is 27.6 Å². The molecule has 52 valence electrons. The van der Waals surface area contributed by atoms with Crippen molar-refractivity contribution in [2.75, 3.05) is 0 Å². The van der Waals surface area contributed by atoms with Crippen molar-refractivity contribution in [2.45, 2.75) is 13.3 Å². The third-order valence-corrected chi connectivity index (χ3v) is 0.774. The third-order valence-electron chi connectivity index (χ3n) is 0.774. The SMILES string of the molecule is CCc1n[c-]n[c-]n1.[V].[V]. The molecule has 0 fully saturated rings. The van der Waals surface area contributed by atoms with E-state index in [-0.39, 0.29) is 37.1 Å². The van der Waals surface area contributed by atoms with Crippen molar-refractivity contribution in [3.05, 3.63) is 18.5 Å². The van der Waals surface area contributed by atoms with Crippen LogP contribution in [0.3, 0.4) is 0 Å². The van der Waals surface area contributed by atoms with E-state index in [1.54, 1.807) is 0 Å². The molecule has 0 aromatic carbocycles. The molecule has 10 heavy (non-hydrogen) atoms. The zero-order chi connectivity index (χ0) is 5.82. The summed E-state index contributed by atoms with van der Waals surface area (Å²) in [6, 6.07) is 0. The van der Waals surface area contributed by atoms with Gasteiger partial charge in [-0.1, -0.05) is 13.3 Å². The predicted molar refractivity (Wildman–Crippen MR) is 26.9 cm³/mol. The van der Waals surface area contributed by atoms with Crippen LogP contribution in [0.15, 0.2) is 0 Å². The number of aromatic nitrogens is 3. The topological polar surface area (TPSA) is 38.7 Å². The molecular weight excluding hydrogens is 204 g/mol. The van der Waals surface area contributed by atoms with Gasteiger partial charge in [0.1, 0.15) is 0 Å². The monoisotopic (exact) mass is 209 g/mol. The quantitative estimate of drug-likeness (QED) is 0.612. The van der Waals surface area contributed by atoms with Gasteiger partial charge in [0, 0.05) is 37.1 Å². The summed E-state index contributed by atoms with van der Waals surface area (Å²) in [5, 5.41) is 0. The minimum Gasteiger partial charge on any atom is -0.505 e. The fraction of sp³-hybridized carbons (Fsp3) is 0.400. The molecule has 1 heterocycles. The number of rotatable bonds is 1. The van der Waals surface area contributed by atoms with Crippen molar-refractivity contribution < 1.29 is 37.1 Å². The summed E-state index contributed by atoms with van der Waals surface area (Å²) in [6.45, 7) is 1.97. The van der Waals surface area contributed by atoms with Crippen molar-refractivity contribution >= 4 is 0 Å². The molecule has 0 saturated carbocycles. The molecule has 2 radical (unpaired) electrons. The van der Waals surface area contributed by atoms with Crippen LogP contribution < -0.4 is 0 Å². The summed E-state index contributed by atoms with van der Waals surface area (Å²) < 4.78 is 0. The van der Waals surface area contributed by atoms with E-state index < -0.39 is 0 Å². The Kier molecular flexibility index (Phi) is 9.34. The maximum Gasteiger partial charge on any atom is 0 e. The molecule has 0 unspecified atom stereocenters. The number of aryl methyl sites for hydroxylation is 1. The van der Waals surface area contributed by atoms with E-state index in [1.807, 2.05) is 6.92 Å². The van der Waals surface area contributed by atoms with E-state index in [9.17, 15) is 0 Å². The summed E-state index contributed by atoms with van der Waals surface area (Å²) in [4.78, 5) is 10.9. The maximum absolute atomic E-state index is 3.72. The first kappa shape index (κ1) is 12.8. The molecule has 0 bridgehead atoms. The van der Waals surface area contributed by atoms with Gasteiger partial charge in [0.25, 0.3) is 0 Å². The molecule has 3 nitrogen and oxygen atoms in total. The molecule has 0 aliphatic heterocycles. The summed E-state index contributed by atoms with van der Waals surface area (Å²) in [7, 11) is 0. The number of hydrogen-bond acceptors (Lipinski definition) is 3. The van der Waals surface area contributed by atoms with Crippen molar-refractivity contribution in [3.63, 3.8) is 0 Å². The first-order valence-corrected chi connectivity index (χ1v) is 2.40. The van der Waals surface area contributed by atoms with Crippen LogP contribution in [0, 0.1) is 12.7 Å². The Balaban J connectivity index is 0. The van der Waals surface area contributed by atoms with Gasteiger partial charge in [-0.15, -0.1) is 5.82 Å². The van der Waals surface area contributed by atoms with E-state index in [0.29, 0.717) is 0 Å². The average molecular weight is 209 g/mol. The molecule has 1 rings (SSSR count). The number of hydrogen-bond donors (Lipinski definition) is 0. The van der Waals surface area contributed by atoms with Crippen molar-refractivity contribution in [3.8, 4) is 0 Å². The van der Waals surface area contributed by atoms with Crippen LogP contribution in [-0.4, -0.2) is 15.0 Å². The van der Waals surface area contributed by atoms with E-state index in [1.165, 1.54) is 0 Å². The molecule has 0 aliphatic rings. The van der Waals surface area contributed by atoms with E-state index >= 15 is 0 Å². The standard InChI is InChI=1S/C5H5N3.2V/c1-2-5-7-3-6-4-8-5;;/h2H2,1H3;;/q-2;;. The fourth-order valence-corrected chi connectivity index (χ4v) is 0.371. The minimum atomic E-state index is 0. The first-order chi connectivity index (χ1) is 3.93. The van der Waals surface area contributed by atoms with Crippen molar-refractivity contribution in [1.82, 2.24) is 15.0 Å². The zero-order valence-corrected chi connectivity index (χ0v) is 8.24. The molecule has 0 saturated heterocycles. The molecule has 5 heteroatoms. The summed E-state index contributed by atoms with van der Waals surface area (Å²) in [6.07, 6.45) is 5.60. The van der Waals surface area contributed by atoms with Crippen LogP contribution in [0.2, 0.25) is 0 Å². The Bertz CT molecular complexity index is 156. The van der Waals surface area contributed by atoms with Gasteiger partial charge in [0.05, 0.1) is 0 Å². The molecular formula is C5H5N3V2-2. The molecule has 1 aromatic rings.